The second kappa shape index (κ2) is 9.74. The molecule has 0 saturated carbocycles. The third-order valence-electron chi connectivity index (χ3n) is 5.33. The molecule has 0 saturated heterocycles. The van der Waals surface area contributed by atoms with Gasteiger partial charge in [0.05, 0.1) is 0 Å². The van der Waals surface area contributed by atoms with E-state index in [0.717, 1.165) is 11.1 Å². The molecule has 0 radical (unpaired) electrons. The number of hydrogen-bond donors (Lipinski definition) is 0. The minimum atomic E-state index is -0.813. The van der Waals surface area contributed by atoms with Gasteiger partial charge in [0, 0.05) is 0 Å². The lowest BCUT2D eigenvalue weighted by Gasteiger charge is -2.25. The maximum atomic E-state index is 12.3. The zero-order valence-corrected chi connectivity index (χ0v) is 18.2. The summed E-state index contributed by atoms with van der Waals surface area (Å²) in [5, 5.41) is 0. The molecular formula is C26H22O8. The molecule has 0 spiro atoms. The Bertz CT molecular complexity index is 1080. The van der Waals surface area contributed by atoms with E-state index in [1.807, 2.05) is 24.3 Å². The summed E-state index contributed by atoms with van der Waals surface area (Å²) in [4.78, 5) is 24.7. The van der Waals surface area contributed by atoms with E-state index < -0.39 is 24.1 Å². The number of para-hydroxylation sites is 4. The minimum absolute atomic E-state index is 0.0903. The average molecular weight is 462 g/mol. The molecule has 0 fully saturated rings. The second-order valence-corrected chi connectivity index (χ2v) is 7.76. The highest BCUT2D eigenvalue weighted by Crippen LogP contribution is 2.32. The quantitative estimate of drug-likeness (QED) is 0.515. The number of carbonyl (C=O) groups excluding carboxylic acids is 2. The predicted octanol–water partition coefficient (Wildman–Crippen LogP) is 3.45. The number of rotatable bonds is 6. The van der Waals surface area contributed by atoms with E-state index in [1.165, 1.54) is 0 Å². The first-order valence-corrected chi connectivity index (χ1v) is 10.8. The Morgan fingerprint density at radius 2 is 1.00 bits per heavy atom. The Morgan fingerprint density at radius 3 is 1.41 bits per heavy atom. The monoisotopic (exact) mass is 462 g/mol. The van der Waals surface area contributed by atoms with E-state index >= 15 is 0 Å². The van der Waals surface area contributed by atoms with Gasteiger partial charge in [0.2, 0.25) is 12.2 Å². The number of carbonyl (C=O) groups is 2. The molecule has 0 N–H and O–H groups in total. The molecule has 8 heteroatoms. The highest BCUT2D eigenvalue weighted by Gasteiger charge is 2.29. The van der Waals surface area contributed by atoms with Crippen LogP contribution < -0.4 is 18.9 Å². The van der Waals surface area contributed by atoms with Crippen molar-refractivity contribution in [1.82, 2.24) is 0 Å². The fourth-order valence-electron chi connectivity index (χ4n) is 3.50. The Morgan fingerprint density at radius 1 is 0.618 bits per heavy atom. The van der Waals surface area contributed by atoms with Gasteiger partial charge in [-0.15, -0.1) is 0 Å². The van der Waals surface area contributed by atoms with Gasteiger partial charge in [0.15, 0.2) is 23.0 Å². The number of benzene rings is 3. The first-order valence-electron chi connectivity index (χ1n) is 10.8. The Kier molecular flexibility index (Phi) is 6.20. The molecule has 3 aromatic rings. The summed E-state index contributed by atoms with van der Waals surface area (Å²) in [6, 6.07) is 21.6. The predicted molar refractivity (Wildman–Crippen MR) is 119 cm³/mol. The third kappa shape index (κ3) is 4.91. The number of ether oxygens (including phenoxy) is 6. The largest absolute Gasteiger partial charge is 0.485 e. The van der Waals surface area contributed by atoms with Crippen LogP contribution in [0.1, 0.15) is 11.1 Å². The van der Waals surface area contributed by atoms with E-state index in [1.54, 1.807) is 48.5 Å². The molecular weight excluding hydrogens is 440 g/mol. The summed E-state index contributed by atoms with van der Waals surface area (Å²) in [7, 11) is 0. The van der Waals surface area contributed by atoms with Crippen molar-refractivity contribution in [3.05, 3.63) is 83.9 Å². The van der Waals surface area contributed by atoms with Crippen LogP contribution in [0.5, 0.6) is 23.0 Å². The Labute approximate surface area is 195 Å². The van der Waals surface area contributed by atoms with Crippen molar-refractivity contribution in [2.75, 3.05) is 13.2 Å². The van der Waals surface area contributed by atoms with Gasteiger partial charge < -0.3 is 28.4 Å². The SMILES string of the molecule is O=C(OCc1ccc(COC(=O)C2COc3ccccc3O2)cc1)C1COc2ccccc2O1. The van der Waals surface area contributed by atoms with E-state index in [0.29, 0.717) is 23.0 Å². The van der Waals surface area contributed by atoms with Crippen molar-refractivity contribution >= 4 is 11.9 Å². The van der Waals surface area contributed by atoms with Gasteiger partial charge in [-0.1, -0.05) is 48.5 Å². The molecule has 5 rings (SSSR count). The van der Waals surface area contributed by atoms with Crippen LogP contribution in [-0.4, -0.2) is 37.4 Å². The molecule has 2 unspecified atom stereocenters. The number of hydrogen-bond acceptors (Lipinski definition) is 8. The zero-order valence-electron chi connectivity index (χ0n) is 18.2. The van der Waals surface area contributed by atoms with E-state index in [9.17, 15) is 9.59 Å². The van der Waals surface area contributed by atoms with Gasteiger partial charge in [0.1, 0.15) is 26.4 Å². The molecule has 8 nitrogen and oxygen atoms in total. The molecule has 0 amide bonds. The highest BCUT2D eigenvalue weighted by atomic mass is 16.6. The molecule has 2 aliphatic heterocycles. The molecule has 3 aromatic carbocycles. The van der Waals surface area contributed by atoms with Crippen molar-refractivity contribution in [1.29, 1.82) is 0 Å². The molecule has 0 aromatic heterocycles. The fraction of sp³-hybridized carbons (Fsp3) is 0.231. The number of esters is 2. The molecule has 174 valence electrons. The molecule has 2 heterocycles. The van der Waals surface area contributed by atoms with Crippen molar-refractivity contribution in [2.24, 2.45) is 0 Å². The van der Waals surface area contributed by atoms with Crippen LogP contribution in [0.4, 0.5) is 0 Å². The van der Waals surface area contributed by atoms with Crippen LogP contribution in [0.15, 0.2) is 72.8 Å². The normalized spacial score (nSPS) is 18.0. The molecule has 0 bridgehead atoms. The van der Waals surface area contributed by atoms with Gasteiger partial charge >= 0.3 is 11.9 Å². The first-order chi connectivity index (χ1) is 16.7. The summed E-state index contributed by atoms with van der Waals surface area (Å²) in [5.74, 6) is 1.26. The Balaban J connectivity index is 1.07. The highest BCUT2D eigenvalue weighted by molar-refractivity contribution is 5.76. The summed E-state index contributed by atoms with van der Waals surface area (Å²) in [6.45, 7) is 0.378. The summed E-state index contributed by atoms with van der Waals surface area (Å²) >= 11 is 0. The van der Waals surface area contributed by atoms with Gasteiger partial charge in [0.25, 0.3) is 0 Å². The van der Waals surface area contributed by atoms with E-state index in [4.69, 9.17) is 28.4 Å². The average Bonchev–Trinajstić information content (AvgIpc) is 2.90. The smallest absolute Gasteiger partial charge is 0.351 e. The topological polar surface area (TPSA) is 89.5 Å². The first kappa shape index (κ1) is 21.6. The van der Waals surface area contributed by atoms with Gasteiger partial charge in [-0.05, 0) is 35.4 Å². The molecule has 2 atom stereocenters. The fourth-order valence-corrected chi connectivity index (χ4v) is 3.50. The van der Waals surface area contributed by atoms with Crippen molar-refractivity contribution in [2.45, 2.75) is 25.4 Å². The van der Waals surface area contributed by atoms with E-state index in [2.05, 4.69) is 0 Å². The molecule has 0 aliphatic carbocycles. The van der Waals surface area contributed by atoms with Gasteiger partial charge in [-0.25, -0.2) is 9.59 Å². The molecule has 34 heavy (non-hydrogen) atoms. The summed E-state index contributed by atoms with van der Waals surface area (Å²) < 4.78 is 33.2. The molecule has 2 aliphatic rings. The lowest BCUT2D eigenvalue weighted by atomic mass is 10.1. The maximum absolute atomic E-state index is 12.3. The van der Waals surface area contributed by atoms with Crippen LogP contribution >= 0.6 is 0 Å². The third-order valence-corrected chi connectivity index (χ3v) is 5.33. The maximum Gasteiger partial charge on any atom is 0.351 e. The lowest BCUT2D eigenvalue weighted by molar-refractivity contribution is -0.156. The standard InChI is InChI=1S/C26H22O8/c27-25(23-15-29-19-5-1-3-7-21(19)33-23)31-13-17-9-11-18(12-10-17)14-32-26(28)24-16-30-20-6-2-4-8-22(20)34-24/h1-12,23-24H,13-16H2. The van der Waals surface area contributed by atoms with Crippen molar-refractivity contribution < 1.29 is 38.0 Å². The van der Waals surface area contributed by atoms with Crippen molar-refractivity contribution in [3.63, 3.8) is 0 Å². The minimum Gasteiger partial charge on any atom is -0.485 e. The summed E-state index contributed by atoms with van der Waals surface area (Å²) in [5.41, 5.74) is 1.59. The van der Waals surface area contributed by atoms with Crippen molar-refractivity contribution in [3.8, 4) is 23.0 Å². The second-order valence-electron chi connectivity index (χ2n) is 7.76. The van der Waals surface area contributed by atoms with Crippen LogP contribution in [0.2, 0.25) is 0 Å². The summed E-state index contributed by atoms with van der Waals surface area (Å²) in [6.07, 6.45) is -1.63. The van der Waals surface area contributed by atoms with Gasteiger partial charge in [-0.3, -0.25) is 0 Å². The van der Waals surface area contributed by atoms with Crippen LogP contribution in [-0.2, 0) is 32.3 Å². The van der Waals surface area contributed by atoms with Crippen LogP contribution in [0.25, 0.3) is 0 Å². The van der Waals surface area contributed by atoms with Crippen LogP contribution in [0.3, 0.4) is 0 Å². The zero-order chi connectivity index (χ0) is 23.3. The number of fused-ring (bicyclic) bond motifs is 2. The van der Waals surface area contributed by atoms with Crippen LogP contribution in [0, 0.1) is 0 Å². The van der Waals surface area contributed by atoms with Gasteiger partial charge in [-0.2, -0.15) is 0 Å². The van der Waals surface area contributed by atoms with E-state index in [-0.39, 0.29) is 26.4 Å². The lowest BCUT2D eigenvalue weighted by Crippen LogP contribution is -2.37. The Hall–Kier alpha value is -4.20.